The van der Waals surface area contributed by atoms with Crippen LogP contribution in [-0.2, 0) is 10.0 Å². The SMILES string of the molecule is O=C(O)c1cn[nH]c1S(=O)(=O)Nc1cc(Cl)c(F)c(Cl)c1. The first kappa shape index (κ1) is 15.5. The number of aromatic nitrogens is 2. The summed E-state index contributed by atoms with van der Waals surface area (Å²) >= 11 is 11.1. The number of hydrogen-bond donors (Lipinski definition) is 3. The smallest absolute Gasteiger partial charge is 0.340 e. The Morgan fingerprint density at radius 3 is 2.43 bits per heavy atom. The first-order valence-corrected chi connectivity index (χ1v) is 7.40. The Kier molecular flexibility index (Phi) is 4.08. The number of nitrogens with one attached hydrogen (secondary N) is 2. The molecule has 112 valence electrons. The second-order valence-electron chi connectivity index (χ2n) is 3.78. The van der Waals surface area contributed by atoms with Gasteiger partial charge in [-0.05, 0) is 12.1 Å². The molecule has 0 fully saturated rings. The van der Waals surface area contributed by atoms with Crippen molar-refractivity contribution in [1.82, 2.24) is 10.2 Å². The zero-order valence-electron chi connectivity index (χ0n) is 9.89. The summed E-state index contributed by atoms with van der Waals surface area (Å²) < 4.78 is 39.4. The molecule has 0 bridgehead atoms. The summed E-state index contributed by atoms with van der Waals surface area (Å²) in [6, 6.07) is 1.99. The molecule has 1 aromatic heterocycles. The van der Waals surface area contributed by atoms with Crippen LogP contribution in [-0.4, -0.2) is 29.7 Å². The monoisotopic (exact) mass is 353 g/mol. The number of anilines is 1. The third-order valence-electron chi connectivity index (χ3n) is 2.34. The molecule has 11 heteroatoms. The maximum atomic E-state index is 13.3. The molecule has 0 unspecified atom stereocenters. The highest BCUT2D eigenvalue weighted by Gasteiger charge is 2.25. The average molecular weight is 354 g/mol. The number of aromatic amines is 1. The lowest BCUT2D eigenvalue weighted by Gasteiger charge is -2.08. The standard InChI is InChI=1S/C10H6Cl2FN3O4S/c11-6-1-4(2-7(12)8(6)13)16-21(19,20)9-5(10(17)18)3-14-15-9/h1-3,16H,(H,14,15)(H,17,18). The van der Waals surface area contributed by atoms with Gasteiger partial charge in [-0.2, -0.15) is 13.5 Å². The number of carboxylic acids is 1. The highest BCUT2D eigenvalue weighted by molar-refractivity contribution is 7.92. The lowest BCUT2D eigenvalue weighted by atomic mass is 10.3. The van der Waals surface area contributed by atoms with Crippen LogP contribution in [0.3, 0.4) is 0 Å². The fraction of sp³-hybridized carbons (Fsp3) is 0. The number of H-pyrrole nitrogens is 1. The van der Waals surface area contributed by atoms with Crippen molar-refractivity contribution in [3.05, 3.63) is 39.8 Å². The van der Waals surface area contributed by atoms with Crippen LogP contribution >= 0.6 is 23.2 Å². The summed E-state index contributed by atoms with van der Waals surface area (Å²) in [6.07, 6.45) is 0.849. The van der Waals surface area contributed by atoms with Crippen LogP contribution in [0.5, 0.6) is 0 Å². The molecule has 0 amide bonds. The molecule has 2 aromatic rings. The second-order valence-corrected chi connectivity index (χ2v) is 6.21. The van der Waals surface area contributed by atoms with Gasteiger partial charge in [-0.1, -0.05) is 23.2 Å². The summed E-state index contributed by atoms with van der Waals surface area (Å²) in [5, 5.41) is 12.9. The Morgan fingerprint density at radius 1 is 1.33 bits per heavy atom. The first-order valence-electron chi connectivity index (χ1n) is 5.16. The van der Waals surface area contributed by atoms with Crippen molar-refractivity contribution >= 4 is 44.9 Å². The summed E-state index contributed by atoms with van der Waals surface area (Å²) in [5.74, 6) is -2.37. The minimum atomic E-state index is -4.28. The maximum absolute atomic E-state index is 13.3. The van der Waals surface area contributed by atoms with Crippen LogP contribution in [0.4, 0.5) is 10.1 Å². The number of aromatic carboxylic acids is 1. The van der Waals surface area contributed by atoms with E-state index >= 15 is 0 Å². The quantitative estimate of drug-likeness (QED) is 0.730. The van der Waals surface area contributed by atoms with Gasteiger partial charge in [0.25, 0.3) is 10.0 Å². The van der Waals surface area contributed by atoms with E-state index in [2.05, 4.69) is 10.2 Å². The van der Waals surface area contributed by atoms with Gasteiger partial charge in [0.05, 0.1) is 21.9 Å². The van der Waals surface area contributed by atoms with Crippen molar-refractivity contribution in [2.75, 3.05) is 4.72 Å². The Labute approximate surface area is 127 Å². The van der Waals surface area contributed by atoms with Crippen molar-refractivity contribution in [2.24, 2.45) is 0 Å². The molecule has 0 aliphatic carbocycles. The first-order chi connectivity index (χ1) is 9.72. The highest BCUT2D eigenvalue weighted by Crippen LogP contribution is 2.28. The number of hydrogen-bond acceptors (Lipinski definition) is 4. The van der Waals surface area contributed by atoms with Crippen LogP contribution in [0.25, 0.3) is 0 Å². The molecule has 7 nitrogen and oxygen atoms in total. The van der Waals surface area contributed by atoms with Crippen molar-refractivity contribution in [3.63, 3.8) is 0 Å². The predicted molar refractivity (Wildman–Crippen MR) is 72.8 cm³/mol. The van der Waals surface area contributed by atoms with Crippen molar-refractivity contribution < 1.29 is 22.7 Å². The van der Waals surface area contributed by atoms with Gasteiger partial charge >= 0.3 is 5.97 Å². The molecular weight excluding hydrogens is 348 g/mol. The van der Waals surface area contributed by atoms with E-state index < -0.39 is 32.4 Å². The molecule has 21 heavy (non-hydrogen) atoms. The van der Waals surface area contributed by atoms with E-state index in [0.29, 0.717) is 0 Å². The Morgan fingerprint density at radius 2 is 1.90 bits per heavy atom. The fourth-order valence-electron chi connectivity index (χ4n) is 1.45. The Bertz CT molecular complexity index is 798. The van der Waals surface area contributed by atoms with Gasteiger partial charge in [0, 0.05) is 0 Å². The van der Waals surface area contributed by atoms with E-state index in [4.69, 9.17) is 28.3 Å². The van der Waals surface area contributed by atoms with E-state index in [0.717, 1.165) is 18.3 Å². The van der Waals surface area contributed by atoms with E-state index in [9.17, 15) is 17.6 Å². The molecule has 0 spiro atoms. The molecule has 0 aliphatic heterocycles. The molecule has 0 saturated carbocycles. The van der Waals surface area contributed by atoms with Crippen molar-refractivity contribution in [3.8, 4) is 0 Å². The van der Waals surface area contributed by atoms with Gasteiger partial charge in [-0.25, -0.2) is 9.18 Å². The number of nitrogens with zero attached hydrogens (tertiary/aromatic N) is 1. The molecule has 2 rings (SSSR count). The highest BCUT2D eigenvalue weighted by atomic mass is 35.5. The lowest BCUT2D eigenvalue weighted by molar-refractivity contribution is 0.0692. The van der Waals surface area contributed by atoms with Crippen LogP contribution < -0.4 is 4.72 Å². The van der Waals surface area contributed by atoms with Crippen molar-refractivity contribution in [2.45, 2.75) is 5.03 Å². The van der Waals surface area contributed by atoms with Gasteiger partial charge in [0.2, 0.25) is 0 Å². The van der Waals surface area contributed by atoms with Gasteiger partial charge in [-0.15, -0.1) is 0 Å². The summed E-state index contributed by atoms with van der Waals surface area (Å²) in [5.41, 5.74) is -0.667. The summed E-state index contributed by atoms with van der Waals surface area (Å²) in [7, 11) is -4.28. The Balaban J connectivity index is 2.43. The number of benzene rings is 1. The molecule has 0 saturated heterocycles. The minimum Gasteiger partial charge on any atom is -0.478 e. The van der Waals surface area contributed by atoms with E-state index in [1.54, 1.807) is 0 Å². The number of carbonyl (C=O) groups is 1. The molecule has 1 aromatic carbocycles. The normalized spacial score (nSPS) is 11.4. The molecule has 0 atom stereocenters. The van der Waals surface area contributed by atoms with Crippen LogP contribution in [0.2, 0.25) is 10.0 Å². The molecule has 0 aliphatic rings. The Hall–Kier alpha value is -1.84. The predicted octanol–water partition coefficient (Wildman–Crippen LogP) is 2.35. The maximum Gasteiger partial charge on any atom is 0.340 e. The summed E-state index contributed by atoms with van der Waals surface area (Å²) in [6.45, 7) is 0. The van der Waals surface area contributed by atoms with Crippen molar-refractivity contribution in [1.29, 1.82) is 0 Å². The topological polar surface area (TPSA) is 112 Å². The molecule has 0 radical (unpaired) electrons. The zero-order chi connectivity index (χ0) is 15.8. The fourth-order valence-corrected chi connectivity index (χ4v) is 3.07. The number of halogens is 3. The molecular formula is C10H6Cl2FN3O4S. The van der Waals surface area contributed by atoms with Gasteiger partial charge in [-0.3, -0.25) is 9.82 Å². The number of rotatable bonds is 4. The van der Waals surface area contributed by atoms with E-state index in [1.165, 1.54) is 0 Å². The summed E-state index contributed by atoms with van der Waals surface area (Å²) in [4.78, 5) is 10.9. The third-order valence-corrected chi connectivity index (χ3v) is 4.24. The molecule has 3 N–H and O–H groups in total. The third kappa shape index (κ3) is 3.09. The van der Waals surface area contributed by atoms with Crippen LogP contribution in [0.15, 0.2) is 23.4 Å². The molecule has 1 heterocycles. The van der Waals surface area contributed by atoms with Gasteiger partial charge in [0.15, 0.2) is 10.8 Å². The van der Waals surface area contributed by atoms with Gasteiger partial charge in [0.1, 0.15) is 5.56 Å². The van der Waals surface area contributed by atoms with Gasteiger partial charge < -0.3 is 5.11 Å². The number of sulfonamides is 1. The van der Waals surface area contributed by atoms with Crippen LogP contribution in [0, 0.1) is 5.82 Å². The average Bonchev–Trinajstić information content (AvgIpc) is 2.85. The lowest BCUT2D eigenvalue weighted by Crippen LogP contribution is -2.16. The number of carboxylic acid groups (broad SMARTS) is 1. The zero-order valence-corrected chi connectivity index (χ0v) is 12.2. The minimum absolute atomic E-state index is 0.127. The van der Waals surface area contributed by atoms with E-state index in [1.807, 2.05) is 4.72 Å². The largest absolute Gasteiger partial charge is 0.478 e. The van der Waals surface area contributed by atoms with Crippen LogP contribution in [0.1, 0.15) is 10.4 Å². The second kappa shape index (κ2) is 5.51. The van der Waals surface area contributed by atoms with E-state index in [-0.39, 0.29) is 15.7 Å².